The Morgan fingerprint density at radius 1 is 1.21 bits per heavy atom. The third kappa shape index (κ3) is 5.94. The van der Waals surface area contributed by atoms with E-state index >= 15 is 0 Å². The summed E-state index contributed by atoms with van der Waals surface area (Å²) >= 11 is 0. The third-order valence-corrected chi connectivity index (χ3v) is 2.54. The largest absolute Gasteiger partial charge is 0.490 e. The highest BCUT2D eigenvalue weighted by Gasteiger charge is 2.07. The third-order valence-electron chi connectivity index (χ3n) is 2.54. The molecule has 0 heterocycles. The number of aliphatic hydroxyl groups is 1. The van der Waals surface area contributed by atoms with E-state index in [4.69, 9.17) is 9.47 Å². The van der Waals surface area contributed by atoms with E-state index in [2.05, 4.69) is 12.2 Å². The van der Waals surface area contributed by atoms with Gasteiger partial charge in [-0.2, -0.15) is 0 Å². The maximum absolute atomic E-state index is 9.26. The van der Waals surface area contributed by atoms with E-state index in [1.807, 2.05) is 25.1 Å². The van der Waals surface area contributed by atoms with Gasteiger partial charge in [-0.3, -0.25) is 0 Å². The molecule has 4 nitrogen and oxygen atoms in total. The summed E-state index contributed by atoms with van der Waals surface area (Å²) in [5, 5.41) is 12.6. The fourth-order valence-corrected chi connectivity index (χ4v) is 1.67. The molecule has 0 saturated carbocycles. The summed E-state index contributed by atoms with van der Waals surface area (Å²) in [4.78, 5) is 0. The molecule has 19 heavy (non-hydrogen) atoms. The molecule has 0 fully saturated rings. The molecule has 0 radical (unpaired) electrons. The molecule has 1 rings (SSSR count). The smallest absolute Gasteiger partial charge is 0.161 e. The van der Waals surface area contributed by atoms with Crippen LogP contribution in [0.1, 0.15) is 32.8 Å². The molecule has 1 atom stereocenters. The lowest BCUT2D eigenvalue weighted by molar-refractivity contribution is 0.120. The van der Waals surface area contributed by atoms with Crippen molar-refractivity contribution in [1.29, 1.82) is 0 Å². The normalized spacial score (nSPS) is 12.2. The Balaban J connectivity index is 2.69. The Kier molecular flexibility index (Phi) is 7.30. The van der Waals surface area contributed by atoms with Crippen molar-refractivity contribution in [3.8, 4) is 11.5 Å². The number of hydrogen-bond acceptors (Lipinski definition) is 4. The summed E-state index contributed by atoms with van der Waals surface area (Å²) in [6.07, 6.45) is 0.633. The molecule has 1 aromatic carbocycles. The maximum Gasteiger partial charge on any atom is 0.161 e. The highest BCUT2D eigenvalue weighted by atomic mass is 16.5. The van der Waals surface area contributed by atoms with Gasteiger partial charge in [-0.1, -0.05) is 13.0 Å². The summed E-state index contributed by atoms with van der Waals surface area (Å²) in [5.41, 5.74) is 1.17. The van der Waals surface area contributed by atoms with Crippen LogP contribution < -0.4 is 14.8 Å². The van der Waals surface area contributed by atoms with E-state index in [-0.39, 0.29) is 6.61 Å². The van der Waals surface area contributed by atoms with Gasteiger partial charge in [-0.05, 0) is 44.5 Å². The van der Waals surface area contributed by atoms with Crippen molar-refractivity contribution in [3.63, 3.8) is 0 Å². The van der Waals surface area contributed by atoms with Gasteiger partial charge in [-0.25, -0.2) is 0 Å². The van der Waals surface area contributed by atoms with Gasteiger partial charge in [0.1, 0.15) is 6.61 Å². The van der Waals surface area contributed by atoms with Crippen molar-refractivity contribution in [2.24, 2.45) is 0 Å². The first kappa shape index (κ1) is 15.8. The van der Waals surface area contributed by atoms with Crippen LogP contribution >= 0.6 is 0 Å². The highest BCUT2D eigenvalue weighted by Crippen LogP contribution is 2.28. The molecule has 0 amide bonds. The summed E-state index contributed by atoms with van der Waals surface area (Å²) < 4.78 is 11.1. The first-order chi connectivity index (χ1) is 9.17. The molecule has 4 heteroatoms. The van der Waals surface area contributed by atoms with Crippen molar-refractivity contribution in [3.05, 3.63) is 23.8 Å². The van der Waals surface area contributed by atoms with Gasteiger partial charge in [0.15, 0.2) is 11.5 Å². The monoisotopic (exact) mass is 267 g/mol. The molecule has 1 aromatic rings. The molecule has 0 bridgehead atoms. The number of aliphatic hydroxyl groups excluding tert-OH is 1. The predicted octanol–water partition coefficient (Wildman–Crippen LogP) is 2.34. The Bertz CT molecular complexity index is 366. The highest BCUT2D eigenvalue weighted by molar-refractivity contribution is 5.43. The SMILES string of the molecule is CCCNCc1ccc(OCC(C)O)c(OCC)c1. The average molecular weight is 267 g/mol. The van der Waals surface area contributed by atoms with Crippen molar-refractivity contribution < 1.29 is 14.6 Å². The van der Waals surface area contributed by atoms with E-state index in [1.54, 1.807) is 6.92 Å². The van der Waals surface area contributed by atoms with Crippen LogP contribution in [0.2, 0.25) is 0 Å². The average Bonchev–Trinajstić information content (AvgIpc) is 2.38. The Labute approximate surface area is 115 Å². The van der Waals surface area contributed by atoms with Gasteiger partial charge in [0.05, 0.1) is 12.7 Å². The van der Waals surface area contributed by atoms with E-state index in [0.717, 1.165) is 25.3 Å². The lowest BCUT2D eigenvalue weighted by atomic mass is 10.2. The minimum absolute atomic E-state index is 0.271. The van der Waals surface area contributed by atoms with Crippen LogP contribution in [0.25, 0.3) is 0 Å². The number of nitrogens with one attached hydrogen (secondary N) is 1. The van der Waals surface area contributed by atoms with Crippen LogP contribution in [0.3, 0.4) is 0 Å². The molecule has 2 N–H and O–H groups in total. The van der Waals surface area contributed by atoms with Crippen LogP contribution in [-0.2, 0) is 6.54 Å². The Morgan fingerprint density at radius 3 is 2.63 bits per heavy atom. The fraction of sp³-hybridized carbons (Fsp3) is 0.600. The van der Waals surface area contributed by atoms with Crippen LogP contribution in [-0.4, -0.2) is 31.0 Å². The summed E-state index contributed by atoms with van der Waals surface area (Å²) in [6.45, 7) is 8.48. The van der Waals surface area contributed by atoms with Gasteiger partial charge < -0.3 is 19.9 Å². The zero-order valence-electron chi connectivity index (χ0n) is 12.1. The number of ether oxygens (including phenoxy) is 2. The van der Waals surface area contributed by atoms with Crippen LogP contribution in [0, 0.1) is 0 Å². The zero-order chi connectivity index (χ0) is 14.1. The molecule has 0 aromatic heterocycles. The molecule has 1 unspecified atom stereocenters. The van der Waals surface area contributed by atoms with Crippen molar-refractivity contribution in [1.82, 2.24) is 5.32 Å². The summed E-state index contributed by atoms with van der Waals surface area (Å²) in [5.74, 6) is 1.42. The lowest BCUT2D eigenvalue weighted by Crippen LogP contribution is -2.15. The molecule has 0 aliphatic heterocycles. The molecule has 0 spiro atoms. The minimum Gasteiger partial charge on any atom is -0.490 e. The van der Waals surface area contributed by atoms with E-state index < -0.39 is 6.10 Å². The fourth-order valence-electron chi connectivity index (χ4n) is 1.67. The first-order valence-corrected chi connectivity index (χ1v) is 6.94. The number of hydrogen-bond donors (Lipinski definition) is 2. The molecule has 108 valence electrons. The quantitative estimate of drug-likeness (QED) is 0.674. The standard InChI is InChI=1S/C15H25NO3/c1-4-8-16-10-13-6-7-14(19-11-12(3)17)15(9-13)18-5-2/h6-7,9,12,16-17H,4-5,8,10-11H2,1-3H3. The minimum atomic E-state index is -0.486. The Morgan fingerprint density at radius 2 is 2.00 bits per heavy atom. The summed E-state index contributed by atoms with van der Waals surface area (Å²) in [7, 11) is 0. The molecular formula is C15H25NO3. The van der Waals surface area contributed by atoms with Gasteiger partial charge in [0.25, 0.3) is 0 Å². The number of rotatable bonds is 9. The van der Waals surface area contributed by atoms with E-state index in [1.165, 1.54) is 5.56 Å². The van der Waals surface area contributed by atoms with Gasteiger partial charge in [-0.15, -0.1) is 0 Å². The first-order valence-electron chi connectivity index (χ1n) is 6.94. The number of benzene rings is 1. The van der Waals surface area contributed by atoms with Crippen molar-refractivity contribution in [2.75, 3.05) is 19.8 Å². The molecule has 0 saturated heterocycles. The topological polar surface area (TPSA) is 50.7 Å². The van der Waals surface area contributed by atoms with E-state index in [0.29, 0.717) is 12.4 Å². The lowest BCUT2D eigenvalue weighted by Gasteiger charge is -2.14. The van der Waals surface area contributed by atoms with E-state index in [9.17, 15) is 5.11 Å². The van der Waals surface area contributed by atoms with Gasteiger partial charge in [0, 0.05) is 6.54 Å². The molecule has 0 aliphatic carbocycles. The second-order valence-electron chi connectivity index (χ2n) is 4.55. The van der Waals surface area contributed by atoms with Crippen LogP contribution in [0.15, 0.2) is 18.2 Å². The molecular weight excluding hydrogens is 242 g/mol. The predicted molar refractivity (Wildman–Crippen MR) is 76.8 cm³/mol. The summed E-state index contributed by atoms with van der Waals surface area (Å²) in [6, 6.07) is 5.91. The van der Waals surface area contributed by atoms with Crippen LogP contribution in [0.5, 0.6) is 11.5 Å². The zero-order valence-corrected chi connectivity index (χ0v) is 12.1. The second kappa shape index (κ2) is 8.77. The van der Waals surface area contributed by atoms with Gasteiger partial charge >= 0.3 is 0 Å². The van der Waals surface area contributed by atoms with Crippen molar-refractivity contribution in [2.45, 2.75) is 39.8 Å². The Hall–Kier alpha value is -1.26. The second-order valence-corrected chi connectivity index (χ2v) is 4.55. The molecule has 0 aliphatic rings. The maximum atomic E-state index is 9.26. The van der Waals surface area contributed by atoms with Crippen molar-refractivity contribution >= 4 is 0 Å². The van der Waals surface area contributed by atoms with Gasteiger partial charge in [0.2, 0.25) is 0 Å². The van der Waals surface area contributed by atoms with Crippen LogP contribution in [0.4, 0.5) is 0 Å².